The van der Waals surface area contributed by atoms with Gasteiger partial charge in [-0.25, -0.2) is 14.8 Å². The molecular weight excluding hydrogens is 616 g/mol. The molecule has 13 nitrogen and oxygen atoms in total. The van der Waals surface area contributed by atoms with Crippen molar-refractivity contribution in [2.45, 2.75) is 58.6 Å². The summed E-state index contributed by atoms with van der Waals surface area (Å²) in [4.78, 5) is 67.8. The fraction of sp³-hybridized carbons (Fsp3) is 0.429. The van der Waals surface area contributed by atoms with E-state index in [1.807, 2.05) is 60.7 Å². The van der Waals surface area contributed by atoms with Crippen LogP contribution in [-0.4, -0.2) is 94.8 Å². The van der Waals surface area contributed by atoms with Crippen LogP contribution in [0.4, 0.5) is 10.6 Å². The topological polar surface area (TPSA) is 152 Å². The van der Waals surface area contributed by atoms with Crippen molar-refractivity contribution in [1.82, 2.24) is 25.2 Å². The van der Waals surface area contributed by atoms with E-state index in [0.717, 1.165) is 17.5 Å². The van der Waals surface area contributed by atoms with Crippen LogP contribution >= 0.6 is 0 Å². The maximum atomic E-state index is 13.8. The minimum absolute atomic E-state index is 0.0117. The first-order valence-electron chi connectivity index (χ1n) is 16.1. The van der Waals surface area contributed by atoms with Gasteiger partial charge in [0, 0.05) is 37.7 Å². The zero-order chi connectivity index (χ0) is 34.5. The number of hydrogen-bond acceptors (Lipinski definition) is 11. The molecule has 2 aromatic carbocycles. The predicted molar refractivity (Wildman–Crippen MR) is 179 cm³/mol. The second-order valence-corrected chi connectivity index (χ2v) is 12.2. The van der Waals surface area contributed by atoms with Gasteiger partial charge < -0.3 is 29.8 Å². The van der Waals surface area contributed by atoms with Crippen LogP contribution in [0, 0.1) is 0 Å². The maximum Gasteiger partial charge on any atom is 0.527 e. The lowest BCUT2D eigenvalue weighted by atomic mass is 10.1. The highest BCUT2D eigenvalue weighted by Crippen LogP contribution is 2.19. The van der Waals surface area contributed by atoms with Crippen molar-refractivity contribution in [3.63, 3.8) is 0 Å². The minimum Gasteiger partial charge on any atom is -0.460 e. The smallest absolute Gasteiger partial charge is 0.460 e. The number of amides is 2. The van der Waals surface area contributed by atoms with E-state index in [4.69, 9.17) is 14.3 Å². The number of nitrogens with zero attached hydrogens (tertiary/aromatic N) is 4. The summed E-state index contributed by atoms with van der Waals surface area (Å²) in [5.74, 6) is -0.645. The predicted octanol–water partition coefficient (Wildman–Crippen LogP) is 4.25. The summed E-state index contributed by atoms with van der Waals surface area (Å²) in [6.07, 6.45) is -0.150. The molecule has 2 amide bonds. The van der Waals surface area contributed by atoms with Crippen LogP contribution in [0.2, 0.25) is 0 Å². The molecule has 3 aromatic rings. The Labute approximate surface area is 280 Å². The largest absolute Gasteiger partial charge is 0.527 e. The number of ether oxygens (including phenoxy) is 2. The molecule has 1 aliphatic heterocycles. The number of rotatable bonds is 13. The van der Waals surface area contributed by atoms with Crippen molar-refractivity contribution in [1.29, 1.82) is 0 Å². The molecule has 256 valence electrons. The second-order valence-electron chi connectivity index (χ2n) is 12.2. The Balaban J connectivity index is 1.51. The van der Waals surface area contributed by atoms with Crippen molar-refractivity contribution in [2.24, 2.45) is 0 Å². The average Bonchev–Trinajstić information content (AvgIpc) is 3.06. The molecule has 0 saturated carbocycles. The Bertz CT molecular complexity index is 1520. The summed E-state index contributed by atoms with van der Waals surface area (Å²) in [5.41, 5.74) is 1.24. The lowest BCUT2D eigenvalue weighted by molar-refractivity contribution is -0.158. The summed E-state index contributed by atoms with van der Waals surface area (Å²) < 4.78 is 10.3. The first kappa shape index (κ1) is 35.8. The number of hydrogen-bond donors (Lipinski definition) is 2. The molecule has 0 aliphatic carbocycles. The molecule has 48 heavy (non-hydrogen) atoms. The van der Waals surface area contributed by atoms with E-state index in [1.165, 1.54) is 5.06 Å². The maximum absolute atomic E-state index is 13.8. The van der Waals surface area contributed by atoms with E-state index in [2.05, 4.69) is 20.6 Å². The van der Waals surface area contributed by atoms with E-state index in [0.29, 0.717) is 18.2 Å². The Kier molecular flexibility index (Phi) is 12.8. The highest BCUT2D eigenvalue weighted by Gasteiger charge is 2.31. The number of nitrogens with one attached hydrogen (secondary N) is 2. The highest BCUT2D eigenvalue weighted by molar-refractivity contribution is 5.97. The van der Waals surface area contributed by atoms with Gasteiger partial charge in [-0.1, -0.05) is 60.7 Å². The molecule has 1 atom stereocenters. The van der Waals surface area contributed by atoms with Crippen LogP contribution in [0.25, 0.3) is 11.4 Å². The Morgan fingerprint density at radius 2 is 1.58 bits per heavy atom. The molecule has 4 rings (SSSR count). The molecule has 2 heterocycles. The number of piperazine rings is 1. The van der Waals surface area contributed by atoms with E-state index < -0.39 is 29.7 Å². The van der Waals surface area contributed by atoms with Gasteiger partial charge in [0.2, 0.25) is 5.91 Å². The molecule has 1 aromatic heterocycles. The van der Waals surface area contributed by atoms with Crippen molar-refractivity contribution >= 4 is 29.8 Å². The normalized spacial score (nSPS) is 14.0. The molecule has 13 heteroatoms. The van der Waals surface area contributed by atoms with Gasteiger partial charge in [-0.05, 0) is 46.1 Å². The second kappa shape index (κ2) is 17.2. The molecule has 1 fully saturated rings. The summed E-state index contributed by atoms with van der Waals surface area (Å²) in [5, 5.41) is 7.54. The first-order valence-corrected chi connectivity index (χ1v) is 16.1. The van der Waals surface area contributed by atoms with Crippen LogP contribution in [0.15, 0.2) is 66.7 Å². The van der Waals surface area contributed by atoms with Crippen molar-refractivity contribution in [3.05, 3.63) is 78.0 Å². The fourth-order valence-corrected chi connectivity index (χ4v) is 4.96. The number of esters is 1. The average molecular weight is 661 g/mol. The minimum atomic E-state index is -1.05. The molecule has 2 N–H and O–H groups in total. The SMILES string of the molecule is CCOC(=O)ON1CCN(C(=O)[C@H](CCC(=O)OC(C)(C)C)NC(=O)c2cc(NCCc3ccccc3)nc(-c3ccccc3)n2)CC1. The number of aromatic nitrogens is 2. The van der Waals surface area contributed by atoms with E-state index in [9.17, 15) is 19.2 Å². The number of hydroxylamine groups is 2. The van der Waals surface area contributed by atoms with E-state index in [1.54, 1.807) is 38.7 Å². The fourth-order valence-electron chi connectivity index (χ4n) is 4.96. The first-order chi connectivity index (χ1) is 23.0. The molecule has 0 unspecified atom stereocenters. The molecule has 1 aliphatic rings. The third-order valence-corrected chi connectivity index (χ3v) is 7.23. The van der Waals surface area contributed by atoms with Gasteiger partial charge >= 0.3 is 12.1 Å². The summed E-state index contributed by atoms with van der Waals surface area (Å²) >= 11 is 0. The number of anilines is 1. The Morgan fingerprint density at radius 1 is 0.917 bits per heavy atom. The Morgan fingerprint density at radius 3 is 2.23 bits per heavy atom. The van der Waals surface area contributed by atoms with Gasteiger partial charge in [0.15, 0.2) is 5.82 Å². The highest BCUT2D eigenvalue weighted by atomic mass is 16.8. The molecular formula is C35H44N6O7. The zero-order valence-electron chi connectivity index (χ0n) is 27.9. The third-order valence-electron chi connectivity index (χ3n) is 7.23. The Hall–Kier alpha value is -5.04. The third kappa shape index (κ3) is 11.3. The van der Waals surface area contributed by atoms with E-state index in [-0.39, 0.29) is 57.2 Å². The van der Waals surface area contributed by atoms with Gasteiger partial charge in [0.05, 0.1) is 19.7 Å². The van der Waals surface area contributed by atoms with Crippen LogP contribution in [0.3, 0.4) is 0 Å². The van der Waals surface area contributed by atoms with Gasteiger partial charge in [-0.15, -0.1) is 5.06 Å². The molecule has 0 spiro atoms. The van der Waals surface area contributed by atoms with Crippen molar-refractivity contribution in [2.75, 3.05) is 44.6 Å². The summed E-state index contributed by atoms with van der Waals surface area (Å²) in [7, 11) is 0. The number of carbonyl (C=O) groups excluding carboxylic acids is 4. The molecule has 1 saturated heterocycles. The van der Waals surface area contributed by atoms with E-state index >= 15 is 0 Å². The van der Waals surface area contributed by atoms with Crippen LogP contribution in [-0.2, 0) is 30.3 Å². The quantitative estimate of drug-likeness (QED) is 0.253. The van der Waals surface area contributed by atoms with Crippen LogP contribution in [0.5, 0.6) is 0 Å². The van der Waals surface area contributed by atoms with Crippen LogP contribution < -0.4 is 10.6 Å². The number of benzene rings is 2. The van der Waals surface area contributed by atoms with Crippen molar-refractivity contribution in [3.8, 4) is 11.4 Å². The van der Waals surface area contributed by atoms with Gasteiger partial charge in [-0.2, -0.15) is 0 Å². The number of carbonyl (C=O) groups is 4. The lowest BCUT2D eigenvalue weighted by Crippen LogP contribution is -2.55. The molecule has 0 bridgehead atoms. The summed E-state index contributed by atoms with van der Waals surface area (Å²) in [6.45, 7) is 8.69. The molecule has 0 radical (unpaired) electrons. The van der Waals surface area contributed by atoms with Gasteiger partial charge in [-0.3, -0.25) is 14.4 Å². The van der Waals surface area contributed by atoms with Crippen molar-refractivity contribution < 1.29 is 33.5 Å². The van der Waals surface area contributed by atoms with Gasteiger partial charge in [0.25, 0.3) is 5.91 Å². The summed E-state index contributed by atoms with van der Waals surface area (Å²) in [6, 6.07) is 19.8. The zero-order valence-corrected chi connectivity index (χ0v) is 27.9. The monoisotopic (exact) mass is 660 g/mol. The van der Waals surface area contributed by atoms with Crippen LogP contribution in [0.1, 0.15) is 56.6 Å². The standard InChI is InChI=1S/C35H44N6O7/c1-5-46-34(45)48-41-22-20-40(21-23-41)33(44)27(16-17-30(42)47-35(2,3)4)38-32(43)28-24-29(36-19-18-25-12-8-6-9-13-25)39-31(37-28)26-14-10-7-11-15-26/h6-15,24,27H,5,16-23H2,1-4H3,(H,38,43)(H,36,37,39)/t27-/m0/s1. The van der Waals surface area contributed by atoms with Gasteiger partial charge in [0.1, 0.15) is 23.2 Å². The lowest BCUT2D eigenvalue weighted by Gasteiger charge is -2.35.